The van der Waals surface area contributed by atoms with Crippen LogP contribution >= 0.6 is 0 Å². The molecule has 1 fully saturated rings. The summed E-state index contributed by atoms with van der Waals surface area (Å²) >= 11 is 0. The zero-order valence-corrected chi connectivity index (χ0v) is 17.2. The van der Waals surface area contributed by atoms with Gasteiger partial charge in [-0.05, 0) is 37.1 Å². The molecule has 1 heterocycles. The first-order chi connectivity index (χ1) is 13.1. The maximum absolute atomic E-state index is 12.4. The largest absolute Gasteiger partial charge is 0.497 e. The standard InChI is InChI=1S/C19H25NO7S/c1-13(19(22)20(2)15-7-8-28(23,24)12-15)27-18(21)6-5-14-9-16(25-3)11-17(10-14)26-4/h5-6,9-11,13,15H,7-8,12H2,1-4H3/b6-5+/t13-,15+/m1/s1. The number of hydrogen-bond acceptors (Lipinski definition) is 7. The van der Waals surface area contributed by atoms with Crippen molar-refractivity contribution >= 4 is 27.8 Å². The van der Waals surface area contributed by atoms with Crippen LogP contribution in [-0.2, 0) is 24.2 Å². The maximum atomic E-state index is 12.4. The molecule has 0 spiro atoms. The van der Waals surface area contributed by atoms with E-state index >= 15 is 0 Å². The zero-order chi connectivity index (χ0) is 20.9. The molecule has 1 aliphatic heterocycles. The fourth-order valence-electron chi connectivity index (χ4n) is 2.90. The Morgan fingerprint density at radius 2 is 1.79 bits per heavy atom. The first-order valence-corrected chi connectivity index (χ1v) is 10.6. The first-order valence-electron chi connectivity index (χ1n) is 8.74. The lowest BCUT2D eigenvalue weighted by Crippen LogP contribution is -2.44. The third-order valence-electron chi connectivity index (χ3n) is 4.53. The van der Waals surface area contributed by atoms with Crippen LogP contribution in [0.25, 0.3) is 6.08 Å². The summed E-state index contributed by atoms with van der Waals surface area (Å²) in [4.78, 5) is 25.8. The topological polar surface area (TPSA) is 99.2 Å². The van der Waals surface area contributed by atoms with E-state index in [9.17, 15) is 18.0 Å². The smallest absolute Gasteiger partial charge is 0.331 e. The van der Waals surface area contributed by atoms with Crippen molar-refractivity contribution in [2.75, 3.05) is 32.8 Å². The molecule has 1 aliphatic rings. The highest BCUT2D eigenvalue weighted by atomic mass is 32.2. The van der Waals surface area contributed by atoms with E-state index in [-0.39, 0.29) is 11.5 Å². The monoisotopic (exact) mass is 411 g/mol. The summed E-state index contributed by atoms with van der Waals surface area (Å²) in [5.74, 6) is 0.0269. The van der Waals surface area contributed by atoms with Crippen LogP contribution in [0.1, 0.15) is 18.9 Å². The van der Waals surface area contributed by atoms with Gasteiger partial charge in [0.2, 0.25) is 0 Å². The van der Waals surface area contributed by atoms with E-state index < -0.39 is 33.9 Å². The number of ether oxygens (including phenoxy) is 3. The molecule has 0 unspecified atom stereocenters. The molecule has 1 aromatic rings. The highest BCUT2D eigenvalue weighted by molar-refractivity contribution is 7.91. The second kappa shape index (κ2) is 9.09. The van der Waals surface area contributed by atoms with Crippen LogP contribution in [0.4, 0.5) is 0 Å². The molecule has 1 saturated heterocycles. The van der Waals surface area contributed by atoms with E-state index in [2.05, 4.69) is 0 Å². The van der Waals surface area contributed by atoms with Crippen LogP contribution in [0.5, 0.6) is 11.5 Å². The van der Waals surface area contributed by atoms with Gasteiger partial charge in [0.05, 0.1) is 25.7 Å². The lowest BCUT2D eigenvalue weighted by Gasteiger charge is -2.26. The lowest BCUT2D eigenvalue weighted by atomic mass is 10.2. The minimum Gasteiger partial charge on any atom is -0.497 e. The van der Waals surface area contributed by atoms with E-state index in [0.29, 0.717) is 23.5 Å². The molecule has 1 amide bonds. The summed E-state index contributed by atoms with van der Waals surface area (Å²) in [6.45, 7) is 1.46. The van der Waals surface area contributed by atoms with Crippen molar-refractivity contribution in [3.63, 3.8) is 0 Å². The summed E-state index contributed by atoms with van der Waals surface area (Å²) in [6, 6.07) is 4.75. The molecular formula is C19H25NO7S. The summed E-state index contributed by atoms with van der Waals surface area (Å²) in [7, 11) is 1.46. The normalized spacial score (nSPS) is 19.2. The molecule has 9 heteroatoms. The van der Waals surface area contributed by atoms with Gasteiger partial charge in [-0.2, -0.15) is 0 Å². The average molecular weight is 411 g/mol. The lowest BCUT2D eigenvalue weighted by molar-refractivity contribution is -0.155. The van der Waals surface area contributed by atoms with Crippen molar-refractivity contribution in [3.05, 3.63) is 29.8 Å². The number of sulfone groups is 1. The number of likely N-dealkylation sites (N-methyl/N-ethyl adjacent to an activating group) is 1. The summed E-state index contributed by atoms with van der Waals surface area (Å²) in [5, 5.41) is 0. The Hall–Kier alpha value is -2.55. The van der Waals surface area contributed by atoms with Crippen LogP contribution in [-0.4, -0.2) is 70.1 Å². The van der Waals surface area contributed by atoms with Crippen LogP contribution in [0.2, 0.25) is 0 Å². The number of hydrogen-bond donors (Lipinski definition) is 0. The maximum Gasteiger partial charge on any atom is 0.331 e. The van der Waals surface area contributed by atoms with Crippen molar-refractivity contribution in [1.82, 2.24) is 4.90 Å². The summed E-state index contributed by atoms with van der Waals surface area (Å²) in [5.41, 5.74) is 0.667. The second-order valence-corrected chi connectivity index (χ2v) is 8.79. The number of methoxy groups -OCH3 is 2. The number of amides is 1. The van der Waals surface area contributed by atoms with Crippen LogP contribution in [0.15, 0.2) is 24.3 Å². The SMILES string of the molecule is COc1cc(/C=C/C(=O)O[C@H](C)C(=O)N(C)[C@H]2CCS(=O)(=O)C2)cc(OC)c1. The third kappa shape index (κ3) is 5.72. The number of carbonyl (C=O) groups excluding carboxylic acids is 2. The highest BCUT2D eigenvalue weighted by Crippen LogP contribution is 2.23. The molecule has 0 bridgehead atoms. The molecule has 8 nitrogen and oxygen atoms in total. The molecule has 0 aromatic heterocycles. The molecule has 1 aromatic carbocycles. The Labute approximate surface area is 165 Å². The van der Waals surface area contributed by atoms with Gasteiger partial charge in [-0.25, -0.2) is 13.2 Å². The molecule has 0 aliphatic carbocycles. The van der Waals surface area contributed by atoms with Crippen molar-refractivity contribution in [2.24, 2.45) is 0 Å². The Bertz CT molecular complexity index is 841. The predicted molar refractivity (Wildman–Crippen MR) is 104 cm³/mol. The van der Waals surface area contributed by atoms with Gasteiger partial charge in [-0.1, -0.05) is 0 Å². The predicted octanol–water partition coefficient (Wildman–Crippen LogP) is 1.29. The Morgan fingerprint density at radius 1 is 1.18 bits per heavy atom. The molecule has 0 N–H and O–H groups in total. The van der Waals surface area contributed by atoms with Crippen LogP contribution in [0, 0.1) is 0 Å². The minimum atomic E-state index is -3.11. The van der Waals surface area contributed by atoms with Gasteiger partial charge < -0.3 is 19.1 Å². The van der Waals surface area contributed by atoms with Gasteiger partial charge in [0.1, 0.15) is 11.5 Å². The number of carbonyl (C=O) groups is 2. The Balaban J connectivity index is 1.96. The third-order valence-corrected chi connectivity index (χ3v) is 6.28. The number of benzene rings is 1. The van der Waals surface area contributed by atoms with Crippen LogP contribution in [0.3, 0.4) is 0 Å². The molecule has 2 atom stereocenters. The Kier molecular flexibility index (Phi) is 7.06. The van der Waals surface area contributed by atoms with Crippen LogP contribution < -0.4 is 9.47 Å². The van der Waals surface area contributed by atoms with E-state index in [0.717, 1.165) is 0 Å². The molecule has 154 valence electrons. The minimum absolute atomic E-state index is 0.0620. The van der Waals surface area contributed by atoms with E-state index in [4.69, 9.17) is 14.2 Å². The number of rotatable bonds is 7. The van der Waals surface area contributed by atoms with Gasteiger partial charge in [-0.15, -0.1) is 0 Å². The molecule has 0 radical (unpaired) electrons. The quantitative estimate of drug-likeness (QED) is 0.492. The van der Waals surface area contributed by atoms with E-state index in [1.165, 1.54) is 45.2 Å². The van der Waals surface area contributed by atoms with Crippen molar-refractivity contribution in [1.29, 1.82) is 0 Å². The van der Waals surface area contributed by atoms with E-state index in [1.54, 1.807) is 18.2 Å². The fourth-order valence-corrected chi connectivity index (χ4v) is 4.68. The first kappa shape index (κ1) is 21.7. The number of esters is 1. The van der Waals surface area contributed by atoms with Gasteiger partial charge in [0.15, 0.2) is 15.9 Å². The van der Waals surface area contributed by atoms with Gasteiger partial charge in [0, 0.05) is 25.2 Å². The van der Waals surface area contributed by atoms with Gasteiger partial charge in [0.25, 0.3) is 5.91 Å². The van der Waals surface area contributed by atoms with Crippen molar-refractivity contribution < 1.29 is 32.2 Å². The van der Waals surface area contributed by atoms with E-state index in [1.807, 2.05) is 0 Å². The van der Waals surface area contributed by atoms with Crippen molar-refractivity contribution in [3.8, 4) is 11.5 Å². The van der Waals surface area contributed by atoms with Gasteiger partial charge in [-0.3, -0.25) is 4.79 Å². The highest BCUT2D eigenvalue weighted by Gasteiger charge is 2.34. The molecule has 2 rings (SSSR count). The molecule has 0 saturated carbocycles. The fraction of sp³-hybridized carbons (Fsp3) is 0.474. The number of nitrogens with zero attached hydrogens (tertiary/aromatic N) is 1. The molecular weight excluding hydrogens is 386 g/mol. The molecule has 28 heavy (non-hydrogen) atoms. The Morgan fingerprint density at radius 3 is 2.29 bits per heavy atom. The second-order valence-electron chi connectivity index (χ2n) is 6.56. The zero-order valence-electron chi connectivity index (χ0n) is 16.4. The average Bonchev–Trinajstić information content (AvgIpc) is 3.04. The summed E-state index contributed by atoms with van der Waals surface area (Å²) in [6.07, 6.45) is 2.10. The van der Waals surface area contributed by atoms with Gasteiger partial charge >= 0.3 is 5.97 Å². The van der Waals surface area contributed by atoms with Crippen molar-refractivity contribution in [2.45, 2.75) is 25.5 Å². The summed E-state index contributed by atoms with van der Waals surface area (Å²) < 4.78 is 38.6.